The zero-order valence-corrected chi connectivity index (χ0v) is 20.0. The Labute approximate surface area is 202 Å². The summed E-state index contributed by atoms with van der Waals surface area (Å²) in [6, 6.07) is 6.47. The summed E-state index contributed by atoms with van der Waals surface area (Å²) < 4.78 is 53.7. The van der Waals surface area contributed by atoms with Crippen LogP contribution in [0.1, 0.15) is 35.3 Å². The first-order chi connectivity index (χ1) is 16.2. The Balaban J connectivity index is 1.58. The van der Waals surface area contributed by atoms with Crippen molar-refractivity contribution in [3.05, 3.63) is 52.4 Å². The van der Waals surface area contributed by atoms with Crippen molar-refractivity contribution in [3.8, 4) is 0 Å². The highest BCUT2D eigenvalue weighted by atomic mass is 35.5. The number of sulfonamides is 1. The fourth-order valence-electron chi connectivity index (χ4n) is 4.57. The maximum absolute atomic E-state index is 13.4. The van der Waals surface area contributed by atoms with E-state index in [2.05, 4.69) is 14.6 Å². The van der Waals surface area contributed by atoms with Gasteiger partial charge in [-0.05, 0) is 43.5 Å². The number of rotatable bonds is 8. The van der Waals surface area contributed by atoms with Crippen molar-refractivity contribution < 1.29 is 22.0 Å². The van der Waals surface area contributed by atoms with E-state index >= 15 is 0 Å². The largest absolute Gasteiger partial charge is 0.347 e. The van der Waals surface area contributed by atoms with Crippen LogP contribution in [-0.4, -0.2) is 62.6 Å². The number of nitrogens with one attached hydrogen (secondary N) is 1. The fraction of sp³-hybridized carbons (Fsp3) is 0.455. The summed E-state index contributed by atoms with van der Waals surface area (Å²) >= 11 is 6.09. The quantitative estimate of drug-likeness (QED) is 0.525. The summed E-state index contributed by atoms with van der Waals surface area (Å²) in [6.07, 6.45) is 1.69. The second-order valence-electron chi connectivity index (χ2n) is 8.42. The maximum atomic E-state index is 13.4. The van der Waals surface area contributed by atoms with Gasteiger partial charge in [0, 0.05) is 44.3 Å². The topological polar surface area (TPSA) is 109 Å². The van der Waals surface area contributed by atoms with Crippen LogP contribution < -0.4 is 15.4 Å². The van der Waals surface area contributed by atoms with E-state index in [1.807, 2.05) is 0 Å². The molecule has 0 aliphatic carbocycles. The number of alkyl halides is 1. The Bertz CT molecular complexity index is 1170. The monoisotopic (exact) mass is 513 g/mol. The van der Waals surface area contributed by atoms with Crippen LogP contribution in [0.15, 0.2) is 35.2 Å². The number of anilines is 1. The molecule has 4 rings (SSSR count). The van der Waals surface area contributed by atoms with Gasteiger partial charge in [0.15, 0.2) is 0 Å². The molecule has 3 N–H and O–H groups in total. The molecule has 2 aliphatic heterocycles. The number of carbonyl (C=O) groups is 1. The van der Waals surface area contributed by atoms with Gasteiger partial charge >= 0.3 is 0 Å². The predicted octanol–water partition coefficient (Wildman–Crippen LogP) is 2.46. The van der Waals surface area contributed by atoms with Gasteiger partial charge in [-0.1, -0.05) is 11.6 Å². The molecule has 3 heterocycles. The van der Waals surface area contributed by atoms with Gasteiger partial charge in [0.2, 0.25) is 10.0 Å². The van der Waals surface area contributed by atoms with Crippen LogP contribution in [0.5, 0.6) is 0 Å². The molecule has 0 saturated carbocycles. The number of nitrogens with zero attached hydrogens (tertiary/aromatic N) is 3. The van der Waals surface area contributed by atoms with Gasteiger partial charge in [-0.2, -0.15) is 0 Å². The van der Waals surface area contributed by atoms with Gasteiger partial charge in [0.25, 0.3) is 5.91 Å². The SMILES string of the molecule is NCc1cc(S(=O)(=O)NCCCF)cc(N2C3CCC2CN(C(=O)c2ccc(F)cc2Cl)C3)n1. The minimum Gasteiger partial charge on any atom is -0.347 e. The molecule has 2 bridgehead atoms. The highest BCUT2D eigenvalue weighted by molar-refractivity contribution is 7.89. The number of benzene rings is 1. The fourth-order valence-corrected chi connectivity index (χ4v) is 5.95. The molecule has 2 atom stereocenters. The first-order valence-corrected chi connectivity index (χ1v) is 12.9. The van der Waals surface area contributed by atoms with Crippen molar-refractivity contribution in [1.29, 1.82) is 0 Å². The second-order valence-corrected chi connectivity index (χ2v) is 10.6. The van der Waals surface area contributed by atoms with E-state index in [-0.39, 0.29) is 53.0 Å². The third-order valence-corrected chi connectivity index (χ3v) is 7.91. The van der Waals surface area contributed by atoms with E-state index in [0.29, 0.717) is 24.6 Å². The summed E-state index contributed by atoms with van der Waals surface area (Å²) in [5.41, 5.74) is 6.44. The zero-order valence-electron chi connectivity index (χ0n) is 18.4. The highest BCUT2D eigenvalue weighted by Crippen LogP contribution is 2.36. The van der Waals surface area contributed by atoms with Crippen LogP contribution in [0.4, 0.5) is 14.6 Å². The number of carbonyl (C=O) groups excluding carboxylic acids is 1. The van der Waals surface area contributed by atoms with Crippen molar-refractivity contribution in [2.45, 2.75) is 42.8 Å². The van der Waals surface area contributed by atoms with Gasteiger partial charge in [0.05, 0.1) is 27.9 Å². The lowest BCUT2D eigenvalue weighted by Crippen LogP contribution is -2.55. The van der Waals surface area contributed by atoms with Crippen LogP contribution >= 0.6 is 11.6 Å². The first kappa shape index (κ1) is 24.8. The van der Waals surface area contributed by atoms with Crippen LogP contribution in [-0.2, 0) is 16.6 Å². The first-order valence-electron chi connectivity index (χ1n) is 11.0. The highest BCUT2D eigenvalue weighted by Gasteiger charge is 2.42. The summed E-state index contributed by atoms with van der Waals surface area (Å²) in [7, 11) is -3.86. The number of nitrogens with two attached hydrogens (primary N) is 1. The van der Waals surface area contributed by atoms with Crippen LogP contribution in [0.25, 0.3) is 0 Å². The van der Waals surface area contributed by atoms with Crippen LogP contribution in [0.3, 0.4) is 0 Å². The molecule has 1 aromatic carbocycles. The third-order valence-electron chi connectivity index (χ3n) is 6.16. The number of amides is 1. The Morgan fingerprint density at radius 3 is 2.53 bits per heavy atom. The third kappa shape index (κ3) is 5.02. The number of hydrogen-bond acceptors (Lipinski definition) is 6. The van der Waals surface area contributed by atoms with E-state index in [1.54, 1.807) is 4.90 Å². The Hall–Kier alpha value is -2.34. The average Bonchev–Trinajstić information content (AvgIpc) is 3.07. The van der Waals surface area contributed by atoms with Gasteiger partial charge in [-0.25, -0.2) is 22.5 Å². The lowest BCUT2D eigenvalue weighted by Gasteiger charge is -2.42. The summed E-state index contributed by atoms with van der Waals surface area (Å²) in [5.74, 6) is -0.305. The molecule has 1 aromatic heterocycles. The summed E-state index contributed by atoms with van der Waals surface area (Å²) in [5, 5.41) is 0.0622. The Morgan fingerprint density at radius 1 is 1.21 bits per heavy atom. The van der Waals surface area contributed by atoms with Gasteiger partial charge in [0.1, 0.15) is 11.6 Å². The molecule has 1 amide bonds. The molecular formula is C22H26ClF2N5O3S. The van der Waals surface area contributed by atoms with Crippen LogP contribution in [0.2, 0.25) is 5.02 Å². The number of pyridine rings is 1. The molecule has 8 nitrogen and oxygen atoms in total. The smallest absolute Gasteiger partial charge is 0.255 e. The predicted molar refractivity (Wildman–Crippen MR) is 125 cm³/mol. The average molecular weight is 514 g/mol. The summed E-state index contributed by atoms with van der Waals surface area (Å²) in [6.45, 7) is 0.223. The molecule has 2 aromatic rings. The minimum absolute atomic E-state index is 0.00751. The number of fused-ring (bicyclic) bond motifs is 2. The molecule has 2 fully saturated rings. The van der Waals surface area contributed by atoms with E-state index in [9.17, 15) is 22.0 Å². The van der Waals surface area contributed by atoms with Crippen molar-refractivity contribution >= 4 is 33.3 Å². The van der Waals surface area contributed by atoms with Gasteiger partial charge < -0.3 is 15.5 Å². The maximum Gasteiger partial charge on any atom is 0.255 e. The van der Waals surface area contributed by atoms with Gasteiger partial charge in [-0.15, -0.1) is 0 Å². The zero-order chi connectivity index (χ0) is 24.5. The van der Waals surface area contributed by atoms with Crippen molar-refractivity contribution in [2.75, 3.05) is 31.2 Å². The van der Waals surface area contributed by atoms with E-state index in [0.717, 1.165) is 18.9 Å². The normalized spacial score (nSPS) is 20.1. The summed E-state index contributed by atoms with van der Waals surface area (Å²) in [4.78, 5) is 21.4. The standard InChI is InChI=1S/C22H26ClF2N5O3S/c23-20-8-14(25)2-5-19(20)22(31)29-12-16-3-4-17(13-29)30(16)21-10-18(9-15(11-26)28-21)34(32,33)27-7-1-6-24/h2,5,8-10,16-17,27H,1,3-4,6-7,11-13,26H2. The molecular weight excluding hydrogens is 488 g/mol. The molecule has 2 unspecified atom stereocenters. The molecule has 34 heavy (non-hydrogen) atoms. The number of piperazine rings is 1. The van der Waals surface area contributed by atoms with Gasteiger partial charge in [-0.3, -0.25) is 9.18 Å². The molecule has 12 heteroatoms. The number of likely N-dealkylation sites (tertiary alicyclic amines) is 1. The molecule has 2 saturated heterocycles. The Morgan fingerprint density at radius 2 is 1.91 bits per heavy atom. The number of hydrogen-bond donors (Lipinski definition) is 2. The van der Waals surface area contributed by atoms with E-state index in [1.165, 1.54) is 24.3 Å². The lowest BCUT2D eigenvalue weighted by molar-refractivity contribution is 0.0717. The molecule has 2 aliphatic rings. The lowest BCUT2D eigenvalue weighted by atomic mass is 10.1. The Kier molecular flexibility index (Phi) is 7.36. The van der Waals surface area contributed by atoms with E-state index < -0.39 is 22.5 Å². The van der Waals surface area contributed by atoms with Crippen LogP contribution in [0, 0.1) is 5.82 Å². The molecule has 0 spiro atoms. The molecule has 184 valence electrons. The molecule has 0 radical (unpaired) electrons. The second kappa shape index (κ2) is 10.1. The van der Waals surface area contributed by atoms with Crippen molar-refractivity contribution in [1.82, 2.24) is 14.6 Å². The number of halogens is 3. The van der Waals surface area contributed by atoms with Crippen molar-refractivity contribution in [2.24, 2.45) is 5.73 Å². The van der Waals surface area contributed by atoms with Crippen molar-refractivity contribution in [3.63, 3.8) is 0 Å². The minimum atomic E-state index is -3.86. The van der Waals surface area contributed by atoms with E-state index in [4.69, 9.17) is 17.3 Å². The number of aromatic nitrogens is 1.